The van der Waals surface area contributed by atoms with Gasteiger partial charge >= 0.3 is 0 Å². The maximum absolute atomic E-state index is 2.48. The molecule has 4 atom stereocenters. The van der Waals surface area contributed by atoms with Crippen molar-refractivity contribution < 1.29 is 0 Å². The second kappa shape index (κ2) is 7.35. The van der Waals surface area contributed by atoms with Crippen LogP contribution in [0.15, 0.2) is 0 Å². The van der Waals surface area contributed by atoms with Crippen LogP contribution in [0, 0.1) is 23.7 Å². The van der Waals surface area contributed by atoms with Gasteiger partial charge in [0.2, 0.25) is 0 Å². The molecule has 0 aromatic rings. The van der Waals surface area contributed by atoms with Crippen molar-refractivity contribution in [3.8, 4) is 0 Å². The third-order valence-electron chi connectivity index (χ3n) is 4.39. The van der Waals surface area contributed by atoms with E-state index in [9.17, 15) is 0 Å². The quantitative estimate of drug-likeness (QED) is 0.523. The van der Waals surface area contributed by atoms with Crippen molar-refractivity contribution in [3.05, 3.63) is 0 Å². The van der Waals surface area contributed by atoms with Gasteiger partial charge in [-0.1, -0.05) is 59.8 Å². The Labute approximate surface area is 103 Å². The predicted molar refractivity (Wildman–Crippen MR) is 73.6 cm³/mol. The van der Waals surface area contributed by atoms with Gasteiger partial charge in [0.1, 0.15) is 0 Å². The third kappa shape index (κ3) is 5.37. The van der Waals surface area contributed by atoms with Gasteiger partial charge in [0.25, 0.3) is 0 Å². The first-order valence-corrected chi connectivity index (χ1v) is 7.61. The zero-order valence-corrected chi connectivity index (χ0v) is 12.0. The first-order chi connectivity index (χ1) is 7.61. The van der Waals surface area contributed by atoms with Gasteiger partial charge in [-0.3, -0.25) is 0 Å². The number of hydrogen-bond donors (Lipinski definition) is 0. The van der Waals surface area contributed by atoms with Gasteiger partial charge in [-0.2, -0.15) is 0 Å². The highest BCUT2D eigenvalue weighted by Crippen LogP contribution is 2.36. The zero-order chi connectivity index (χ0) is 12.0. The highest BCUT2D eigenvalue weighted by Gasteiger charge is 2.23. The minimum atomic E-state index is 0.953. The van der Waals surface area contributed by atoms with Crippen LogP contribution in [-0.4, -0.2) is 0 Å². The van der Waals surface area contributed by atoms with Gasteiger partial charge < -0.3 is 0 Å². The Balaban J connectivity index is 2.12. The van der Waals surface area contributed by atoms with Crippen molar-refractivity contribution in [1.82, 2.24) is 0 Å². The Kier molecular flexibility index (Phi) is 6.46. The molecule has 1 aliphatic carbocycles. The van der Waals surface area contributed by atoms with Crippen molar-refractivity contribution in [3.63, 3.8) is 0 Å². The van der Waals surface area contributed by atoms with Gasteiger partial charge in [-0.15, -0.1) is 0 Å². The minimum absolute atomic E-state index is 0.953. The maximum atomic E-state index is 2.48. The second-order valence-electron chi connectivity index (χ2n) is 6.61. The largest absolute Gasteiger partial charge is 0.0654 e. The summed E-state index contributed by atoms with van der Waals surface area (Å²) in [6.45, 7) is 9.65. The molecule has 1 rings (SSSR count). The molecule has 0 nitrogen and oxygen atoms in total. The number of rotatable bonds is 7. The summed E-state index contributed by atoms with van der Waals surface area (Å²) in [5, 5.41) is 0. The molecule has 0 heteroatoms. The molecule has 0 bridgehead atoms. The van der Waals surface area contributed by atoms with E-state index in [0.717, 1.165) is 23.7 Å². The van der Waals surface area contributed by atoms with Crippen LogP contribution in [0.25, 0.3) is 0 Å². The Hall–Kier alpha value is 0. The molecule has 1 aliphatic rings. The fourth-order valence-corrected chi connectivity index (χ4v) is 3.56. The summed E-state index contributed by atoms with van der Waals surface area (Å²) in [4.78, 5) is 0. The summed E-state index contributed by atoms with van der Waals surface area (Å²) in [7, 11) is 0. The molecule has 0 aromatic heterocycles. The van der Waals surface area contributed by atoms with Crippen LogP contribution in [0.5, 0.6) is 0 Å². The smallest absolute Gasteiger partial charge is 0.0409 e. The molecular weight excluding hydrogens is 192 g/mol. The fourth-order valence-electron chi connectivity index (χ4n) is 3.56. The molecule has 0 radical (unpaired) electrons. The van der Waals surface area contributed by atoms with E-state index < -0.39 is 0 Å². The van der Waals surface area contributed by atoms with E-state index >= 15 is 0 Å². The van der Waals surface area contributed by atoms with Crippen LogP contribution in [0.3, 0.4) is 0 Å². The van der Waals surface area contributed by atoms with Crippen molar-refractivity contribution in [2.45, 2.75) is 79.1 Å². The molecule has 1 saturated carbocycles. The lowest BCUT2D eigenvalue weighted by atomic mass is 9.86. The molecular formula is C16H32. The first kappa shape index (κ1) is 14.1. The van der Waals surface area contributed by atoms with Gasteiger partial charge in [0, 0.05) is 0 Å². The summed E-state index contributed by atoms with van der Waals surface area (Å²) in [5.41, 5.74) is 0. The standard InChI is InChI=1S/C16H32/c1-5-6-7-13(2)10-15(4)12-16-9-8-14(3)11-16/h13-16H,5-12H2,1-4H3. The number of hydrogen-bond acceptors (Lipinski definition) is 0. The van der Waals surface area contributed by atoms with Crippen LogP contribution in [0.1, 0.15) is 79.1 Å². The van der Waals surface area contributed by atoms with E-state index in [2.05, 4.69) is 27.7 Å². The fraction of sp³-hybridized carbons (Fsp3) is 1.00. The minimum Gasteiger partial charge on any atom is -0.0654 e. The molecule has 0 saturated heterocycles. The molecule has 16 heavy (non-hydrogen) atoms. The van der Waals surface area contributed by atoms with E-state index in [-0.39, 0.29) is 0 Å². The van der Waals surface area contributed by atoms with Gasteiger partial charge in [-0.05, 0) is 42.9 Å². The molecule has 1 fully saturated rings. The first-order valence-electron chi connectivity index (χ1n) is 7.61. The summed E-state index contributed by atoms with van der Waals surface area (Å²) in [6.07, 6.45) is 11.7. The van der Waals surface area contributed by atoms with E-state index in [1.807, 2.05) is 0 Å². The summed E-state index contributed by atoms with van der Waals surface area (Å²) in [6, 6.07) is 0. The van der Waals surface area contributed by atoms with Crippen molar-refractivity contribution in [2.24, 2.45) is 23.7 Å². The molecule has 4 unspecified atom stereocenters. The highest BCUT2D eigenvalue weighted by molar-refractivity contribution is 4.75. The van der Waals surface area contributed by atoms with Crippen LogP contribution in [0.4, 0.5) is 0 Å². The average Bonchev–Trinajstić information content (AvgIpc) is 2.60. The predicted octanol–water partition coefficient (Wildman–Crippen LogP) is 5.67. The van der Waals surface area contributed by atoms with Crippen molar-refractivity contribution >= 4 is 0 Å². The van der Waals surface area contributed by atoms with Crippen molar-refractivity contribution in [2.75, 3.05) is 0 Å². The summed E-state index contributed by atoms with van der Waals surface area (Å²) in [5.74, 6) is 3.98. The SMILES string of the molecule is CCCCC(C)CC(C)CC1CCC(C)C1. The van der Waals surface area contributed by atoms with E-state index in [4.69, 9.17) is 0 Å². The Morgan fingerprint density at radius 2 is 1.88 bits per heavy atom. The normalized spacial score (nSPS) is 29.2. The summed E-state index contributed by atoms with van der Waals surface area (Å²) < 4.78 is 0. The van der Waals surface area contributed by atoms with Gasteiger partial charge in [0.05, 0.1) is 0 Å². The maximum Gasteiger partial charge on any atom is -0.0409 e. The van der Waals surface area contributed by atoms with Gasteiger partial charge in [0.15, 0.2) is 0 Å². The topological polar surface area (TPSA) is 0 Å². The Bertz CT molecular complexity index is 173. The molecule has 0 N–H and O–H groups in total. The van der Waals surface area contributed by atoms with E-state index in [0.29, 0.717) is 0 Å². The molecule has 0 amide bonds. The Morgan fingerprint density at radius 1 is 1.12 bits per heavy atom. The summed E-state index contributed by atoms with van der Waals surface area (Å²) >= 11 is 0. The lowest BCUT2D eigenvalue weighted by Gasteiger charge is -2.20. The molecule has 0 spiro atoms. The number of unbranched alkanes of at least 4 members (excludes halogenated alkanes) is 1. The average molecular weight is 224 g/mol. The molecule has 0 heterocycles. The molecule has 0 aromatic carbocycles. The molecule has 0 aliphatic heterocycles. The van der Waals surface area contributed by atoms with Crippen LogP contribution in [0.2, 0.25) is 0 Å². The highest BCUT2D eigenvalue weighted by atomic mass is 14.3. The van der Waals surface area contributed by atoms with Crippen molar-refractivity contribution in [1.29, 1.82) is 0 Å². The van der Waals surface area contributed by atoms with E-state index in [1.54, 1.807) is 0 Å². The van der Waals surface area contributed by atoms with Crippen LogP contribution in [-0.2, 0) is 0 Å². The van der Waals surface area contributed by atoms with Crippen LogP contribution < -0.4 is 0 Å². The monoisotopic (exact) mass is 224 g/mol. The second-order valence-corrected chi connectivity index (χ2v) is 6.61. The molecule has 96 valence electrons. The third-order valence-corrected chi connectivity index (χ3v) is 4.39. The van der Waals surface area contributed by atoms with Crippen LogP contribution >= 0.6 is 0 Å². The van der Waals surface area contributed by atoms with E-state index in [1.165, 1.54) is 51.4 Å². The van der Waals surface area contributed by atoms with Gasteiger partial charge in [-0.25, -0.2) is 0 Å². The zero-order valence-electron chi connectivity index (χ0n) is 12.0. The lowest BCUT2D eigenvalue weighted by molar-refractivity contribution is 0.318. The Morgan fingerprint density at radius 3 is 2.44 bits per heavy atom. The lowest BCUT2D eigenvalue weighted by Crippen LogP contribution is -2.08.